The molecule has 0 bridgehead atoms. The number of furan rings is 1. The van der Waals surface area contributed by atoms with Crippen LogP contribution in [0.2, 0.25) is 0 Å². The van der Waals surface area contributed by atoms with Crippen molar-refractivity contribution in [2.24, 2.45) is 0 Å². The lowest BCUT2D eigenvalue weighted by Gasteiger charge is -2.13. The summed E-state index contributed by atoms with van der Waals surface area (Å²) in [6.45, 7) is -2.17. The van der Waals surface area contributed by atoms with Crippen LogP contribution in [0.15, 0.2) is 59.0 Å². The van der Waals surface area contributed by atoms with Crippen molar-refractivity contribution < 1.29 is 23.0 Å². The highest BCUT2D eigenvalue weighted by atomic mass is 19.3. The third-order valence-corrected chi connectivity index (χ3v) is 3.58. The average molecular weight is 333 g/mol. The summed E-state index contributed by atoms with van der Waals surface area (Å²) < 4.78 is 34.5. The first-order valence-electron chi connectivity index (χ1n) is 7.53. The van der Waals surface area contributed by atoms with Gasteiger partial charge in [-0.15, -0.1) is 0 Å². The van der Waals surface area contributed by atoms with E-state index in [9.17, 15) is 13.9 Å². The second-order valence-electron chi connectivity index (χ2n) is 5.35. The van der Waals surface area contributed by atoms with Gasteiger partial charge < -0.3 is 19.6 Å². The Morgan fingerprint density at radius 2 is 1.92 bits per heavy atom. The second-order valence-corrected chi connectivity index (χ2v) is 5.35. The number of hydrogen-bond donors (Lipinski definition) is 2. The minimum atomic E-state index is -2.89. The molecule has 2 N–H and O–H groups in total. The van der Waals surface area contributed by atoms with Crippen LogP contribution in [0.4, 0.5) is 8.78 Å². The van der Waals surface area contributed by atoms with Crippen molar-refractivity contribution in [3.63, 3.8) is 0 Å². The zero-order chi connectivity index (χ0) is 16.9. The van der Waals surface area contributed by atoms with Gasteiger partial charge >= 0.3 is 6.61 Å². The average Bonchev–Trinajstić information content (AvgIpc) is 2.97. The van der Waals surface area contributed by atoms with Gasteiger partial charge in [0.2, 0.25) is 0 Å². The van der Waals surface area contributed by atoms with Gasteiger partial charge in [-0.25, -0.2) is 0 Å². The second kappa shape index (κ2) is 7.42. The molecule has 0 saturated heterocycles. The topological polar surface area (TPSA) is 54.6 Å². The Kier molecular flexibility index (Phi) is 5.08. The van der Waals surface area contributed by atoms with Crippen molar-refractivity contribution in [1.82, 2.24) is 5.32 Å². The van der Waals surface area contributed by atoms with Crippen LogP contribution in [-0.2, 0) is 6.54 Å². The zero-order valence-electron chi connectivity index (χ0n) is 12.8. The fraction of sp³-hybridized carbons (Fsp3) is 0.222. The summed E-state index contributed by atoms with van der Waals surface area (Å²) in [6.07, 6.45) is -0.837. The number of halogens is 2. The molecule has 4 nitrogen and oxygen atoms in total. The van der Waals surface area contributed by atoms with E-state index in [1.807, 2.05) is 30.3 Å². The molecule has 0 aliphatic carbocycles. The molecule has 0 aliphatic heterocycles. The molecule has 1 unspecified atom stereocenters. The maximum absolute atomic E-state index is 12.2. The first-order valence-corrected chi connectivity index (χ1v) is 7.53. The van der Waals surface area contributed by atoms with Crippen LogP contribution in [0.5, 0.6) is 5.75 Å². The number of alkyl halides is 2. The highest BCUT2D eigenvalue weighted by Gasteiger charge is 2.11. The Morgan fingerprint density at radius 1 is 1.08 bits per heavy atom. The molecule has 3 aromatic rings. The van der Waals surface area contributed by atoms with Crippen molar-refractivity contribution in [1.29, 1.82) is 0 Å². The molecule has 6 heteroatoms. The summed E-state index contributed by atoms with van der Waals surface area (Å²) in [5.74, 6) is 0.789. The molecule has 0 saturated carbocycles. The van der Waals surface area contributed by atoms with Crippen LogP contribution in [0.25, 0.3) is 11.0 Å². The molecule has 126 valence electrons. The van der Waals surface area contributed by atoms with Crippen molar-refractivity contribution in [3.8, 4) is 5.75 Å². The smallest absolute Gasteiger partial charge is 0.387 e. The Labute approximate surface area is 137 Å². The summed E-state index contributed by atoms with van der Waals surface area (Å²) in [6, 6.07) is 15.7. The highest BCUT2D eigenvalue weighted by Crippen LogP contribution is 2.21. The molecule has 0 radical (unpaired) electrons. The quantitative estimate of drug-likeness (QED) is 0.689. The molecular weight excluding hydrogens is 316 g/mol. The standard InChI is InChI=1S/C18H17F2NO3/c19-18(20)24-14-6-3-5-12(8-14)16(22)11-21-10-15-9-13-4-1-2-7-17(13)23-15/h1-9,16,18,21-22H,10-11H2. The Balaban J connectivity index is 1.56. The third kappa shape index (κ3) is 4.10. The van der Waals surface area contributed by atoms with Crippen LogP contribution in [-0.4, -0.2) is 18.3 Å². The molecule has 0 spiro atoms. The van der Waals surface area contributed by atoms with Gasteiger partial charge in [-0.1, -0.05) is 30.3 Å². The molecular formula is C18H17F2NO3. The van der Waals surface area contributed by atoms with Crippen LogP contribution in [0.3, 0.4) is 0 Å². The molecule has 0 amide bonds. The lowest BCUT2D eigenvalue weighted by atomic mass is 10.1. The Morgan fingerprint density at radius 3 is 2.71 bits per heavy atom. The van der Waals surface area contributed by atoms with Crippen molar-refractivity contribution >= 4 is 11.0 Å². The molecule has 2 aromatic carbocycles. The number of fused-ring (bicyclic) bond motifs is 1. The van der Waals surface area contributed by atoms with E-state index in [0.717, 1.165) is 16.7 Å². The monoisotopic (exact) mass is 333 g/mol. The van der Waals surface area contributed by atoms with Gasteiger partial charge in [0.05, 0.1) is 12.6 Å². The van der Waals surface area contributed by atoms with Crippen LogP contribution in [0.1, 0.15) is 17.4 Å². The molecule has 0 fully saturated rings. The summed E-state index contributed by atoms with van der Waals surface area (Å²) in [4.78, 5) is 0. The first-order chi connectivity index (χ1) is 11.6. The van der Waals surface area contributed by atoms with Gasteiger partial charge in [0.15, 0.2) is 0 Å². The lowest BCUT2D eigenvalue weighted by Crippen LogP contribution is -2.20. The van der Waals surface area contributed by atoms with Crippen molar-refractivity contribution in [2.75, 3.05) is 6.54 Å². The van der Waals surface area contributed by atoms with Crippen LogP contribution >= 0.6 is 0 Å². The van der Waals surface area contributed by atoms with Gasteiger partial charge in [0, 0.05) is 11.9 Å². The fourth-order valence-corrected chi connectivity index (χ4v) is 2.47. The number of hydrogen-bond acceptors (Lipinski definition) is 4. The number of nitrogens with one attached hydrogen (secondary N) is 1. The largest absolute Gasteiger partial charge is 0.460 e. The maximum Gasteiger partial charge on any atom is 0.387 e. The van der Waals surface area contributed by atoms with Gasteiger partial charge in [-0.2, -0.15) is 8.78 Å². The molecule has 1 atom stereocenters. The third-order valence-electron chi connectivity index (χ3n) is 3.58. The van der Waals surface area contributed by atoms with E-state index in [2.05, 4.69) is 10.1 Å². The van der Waals surface area contributed by atoms with Crippen molar-refractivity contribution in [2.45, 2.75) is 19.3 Å². The van der Waals surface area contributed by atoms with Gasteiger partial charge in [-0.3, -0.25) is 0 Å². The predicted octanol–water partition coefficient (Wildman–Crippen LogP) is 3.86. The van der Waals surface area contributed by atoms with Gasteiger partial charge in [0.25, 0.3) is 0 Å². The first kappa shape index (κ1) is 16.4. The molecule has 0 aliphatic rings. The van der Waals surface area contributed by atoms with E-state index in [0.29, 0.717) is 12.1 Å². The normalized spacial score (nSPS) is 12.7. The SMILES string of the molecule is OC(CNCc1cc2ccccc2o1)c1cccc(OC(F)F)c1. The summed E-state index contributed by atoms with van der Waals surface area (Å²) >= 11 is 0. The highest BCUT2D eigenvalue weighted by molar-refractivity contribution is 5.77. The number of ether oxygens (including phenoxy) is 1. The maximum atomic E-state index is 12.2. The number of aliphatic hydroxyl groups excluding tert-OH is 1. The summed E-state index contributed by atoms with van der Waals surface area (Å²) in [5, 5.41) is 14.3. The molecule has 1 aromatic heterocycles. The Hall–Kier alpha value is -2.44. The van der Waals surface area contributed by atoms with E-state index in [1.54, 1.807) is 12.1 Å². The van der Waals surface area contributed by atoms with E-state index in [1.165, 1.54) is 12.1 Å². The fourth-order valence-electron chi connectivity index (χ4n) is 2.47. The van der Waals surface area contributed by atoms with E-state index in [4.69, 9.17) is 4.42 Å². The van der Waals surface area contributed by atoms with Crippen LogP contribution in [0, 0.1) is 0 Å². The van der Waals surface area contributed by atoms with E-state index >= 15 is 0 Å². The number of rotatable bonds is 7. The number of benzene rings is 2. The predicted molar refractivity (Wildman–Crippen MR) is 86.0 cm³/mol. The van der Waals surface area contributed by atoms with Crippen molar-refractivity contribution in [3.05, 3.63) is 65.9 Å². The summed E-state index contributed by atoms with van der Waals surface area (Å²) in [5.41, 5.74) is 1.32. The lowest BCUT2D eigenvalue weighted by molar-refractivity contribution is -0.0499. The molecule has 24 heavy (non-hydrogen) atoms. The zero-order valence-corrected chi connectivity index (χ0v) is 12.8. The van der Waals surface area contributed by atoms with E-state index in [-0.39, 0.29) is 12.3 Å². The minimum absolute atomic E-state index is 0.0267. The molecule has 3 rings (SSSR count). The van der Waals surface area contributed by atoms with Crippen LogP contribution < -0.4 is 10.1 Å². The Bertz CT molecular complexity index is 771. The van der Waals surface area contributed by atoms with Gasteiger partial charge in [0.1, 0.15) is 17.1 Å². The number of aliphatic hydroxyl groups is 1. The number of para-hydroxylation sites is 1. The molecule has 1 heterocycles. The minimum Gasteiger partial charge on any atom is -0.460 e. The van der Waals surface area contributed by atoms with E-state index < -0.39 is 12.7 Å². The van der Waals surface area contributed by atoms with Gasteiger partial charge in [-0.05, 0) is 29.8 Å². The summed E-state index contributed by atoms with van der Waals surface area (Å²) in [7, 11) is 0.